The second kappa shape index (κ2) is 3.25. The van der Waals surface area contributed by atoms with Gasteiger partial charge in [0.05, 0.1) is 0 Å². The molecule has 1 aromatic rings. The maximum absolute atomic E-state index is 12.7. The summed E-state index contributed by atoms with van der Waals surface area (Å²) in [6, 6.07) is 2.80. The van der Waals surface area contributed by atoms with E-state index in [1.165, 1.54) is 6.07 Å². The number of aromatic nitrogens is 1. The number of hydrogen-bond donors (Lipinski definition) is 1. The lowest BCUT2D eigenvalue weighted by atomic mass is 10.1. The van der Waals surface area contributed by atoms with Gasteiger partial charge in [-0.05, 0) is 25.0 Å². The number of pyridine rings is 1. The topological polar surface area (TPSA) is 59.4 Å². The van der Waals surface area contributed by atoms with Crippen LogP contribution in [0.15, 0.2) is 12.1 Å². The van der Waals surface area contributed by atoms with Crippen LogP contribution >= 0.6 is 0 Å². The van der Waals surface area contributed by atoms with Crippen LogP contribution in [0.5, 0.6) is 5.88 Å². The van der Waals surface area contributed by atoms with E-state index in [0.717, 1.165) is 5.56 Å². The Labute approximate surface area is 79.3 Å². The molecule has 74 valence electrons. The number of hydrogen-bond acceptors (Lipinski definition) is 3. The number of carboxylic acid groups (broad SMARTS) is 1. The third-order valence-corrected chi connectivity index (χ3v) is 2.11. The Morgan fingerprint density at radius 3 is 3.14 bits per heavy atom. The molecule has 0 saturated carbocycles. The zero-order chi connectivity index (χ0) is 10.1. The number of ether oxygens (including phenoxy) is 1. The van der Waals surface area contributed by atoms with E-state index in [9.17, 15) is 9.18 Å². The number of carbonyl (C=O) groups is 1. The summed E-state index contributed by atoms with van der Waals surface area (Å²) in [4.78, 5) is 14.1. The van der Waals surface area contributed by atoms with Gasteiger partial charge in [-0.3, -0.25) is 0 Å². The molecule has 1 N–H and O–H groups in total. The van der Waals surface area contributed by atoms with Gasteiger partial charge < -0.3 is 9.84 Å². The van der Waals surface area contributed by atoms with Crippen LogP contribution in [0.1, 0.15) is 12.0 Å². The fraction of sp³-hybridized carbons (Fsp3) is 0.333. The molecule has 1 unspecified atom stereocenters. The Morgan fingerprint density at radius 2 is 2.43 bits per heavy atom. The van der Waals surface area contributed by atoms with Crippen molar-refractivity contribution in [1.82, 2.24) is 4.98 Å². The largest absolute Gasteiger partial charge is 0.479 e. The van der Waals surface area contributed by atoms with Gasteiger partial charge in [-0.1, -0.05) is 0 Å². The van der Waals surface area contributed by atoms with Crippen molar-refractivity contribution in [2.75, 3.05) is 0 Å². The molecule has 0 spiro atoms. The van der Waals surface area contributed by atoms with Crippen LogP contribution in [0.25, 0.3) is 0 Å². The predicted molar refractivity (Wildman–Crippen MR) is 44.6 cm³/mol. The molecule has 2 rings (SSSR count). The second-order valence-electron chi connectivity index (χ2n) is 3.08. The van der Waals surface area contributed by atoms with Crippen molar-refractivity contribution < 1.29 is 19.0 Å². The number of fused-ring (bicyclic) bond motifs is 1. The van der Waals surface area contributed by atoms with Crippen molar-refractivity contribution in [3.05, 3.63) is 23.6 Å². The average molecular weight is 197 g/mol. The lowest BCUT2D eigenvalue weighted by molar-refractivity contribution is -0.146. The summed E-state index contributed by atoms with van der Waals surface area (Å²) in [6.07, 6.45) is 0.0479. The molecule has 0 fully saturated rings. The van der Waals surface area contributed by atoms with Crippen LogP contribution in [0.4, 0.5) is 4.39 Å². The zero-order valence-electron chi connectivity index (χ0n) is 7.24. The van der Waals surface area contributed by atoms with Gasteiger partial charge in [0, 0.05) is 5.56 Å². The fourth-order valence-corrected chi connectivity index (χ4v) is 1.39. The van der Waals surface area contributed by atoms with Crippen molar-refractivity contribution in [3.8, 4) is 5.88 Å². The molecule has 5 heteroatoms. The summed E-state index contributed by atoms with van der Waals surface area (Å²) in [5.74, 6) is -1.60. The highest BCUT2D eigenvalue weighted by atomic mass is 19.1. The molecule has 0 radical (unpaired) electrons. The first-order valence-corrected chi connectivity index (χ1v) is 4.21. The van der Waals surface area contributed by atoms with Crippen LogP contribution < -0.4 is 4.74 Å². The van der Waals surface area contributed by atoms with Gasteiger partial charge in [0.2, 0.25) is 11.8 Å². The van der Waals surface area contributed by atoms with E-state index in [2.05, 4.69) is 4.98 Å². The highest BCUT2D eigenvalue weighted by molar-refractivity contribution is 5.73. The van der Waals surface area contributed by atoms with Crippen molar-refractivity contribution in [2.24, 2.45) is 0 Å². The van der Waals surface area contributed by atoms with E-state index < -0.39 is 18.0 Å². The molecule has 0 bridgehead atoms. The van der Waals surface area contributed by atoms with E-state index in [-0.39, 0.29) is 5.88 Å². The molecule has 0 aliphatic carbocycles. The average Bonchev–Trinajstić information content (AvgIpc) is 2.16. The summed E-state index contributed by atoms with van der Waals surface area (Å²) >= 11 is 0. The molecule has 1 atom stereocenters. The summed E-state index contributed by atoms with van der Waals surface area (Å²) in [5, 5.41) is 8.69. The monoisotopic (exact) mass is 197 g/mol. The highest BCUT2D eigenvalue weighted by Gasteiger charge is 2.26. The molecule has 4 nitrogen and oxygen atoms in total. The van der Waals surface area contributed by atoms with E-state index in [1.807, 2.05) is 0 Å². The van der Waals surface area contributed by atoms with Gasteiger partial charge >= 0.3 is 5.97 Å². The third-order valence-electron chi connectivity index (χ3n) is 2.11. The van der Waals surface area contributed by atoms with Crippen LogP contribution in [-0.2, 0) is 11.2 Å². The van der Waals surface area contributed by atoms with E-state index in [1.54, 1.807) is 6.07 Å². The molecule has 1 aromatic heterocycles. The lowest BCUT2D eigenvalue weighted by Gasteiger charge is -2.21. The number of rotatable bonds is 1. The fourth-order valence-electron chi connectivity index (χ4n) is 1.39. The minimum absolute atomic E-state index is 0.101. The third kappa shape index (κ3) is 1.53. The SMILES string of the molecule is O=C(O)C1CCc2ccc(F)nc2O1. The zero-order valence-corrected chi connectivity index (χ0v) is 7.24. The first-order valence-electron chi connectivity index (χ1n) is 4.21. The van der Waals surface area contributed by atoms with Gasteiger partial charge in [-0.2, -0.15) is 9.37 Å². The van der Waals surface area contributed by atoms with E-state index in [0.29, 0.717) is 12.8 Å². The summed E-state index contributed by atoms with van der Waals surface area (Å²) in [6.45, 7) is 0. The minimum atomic E-state index is -1.04. The molecular formula is C9H8FNO3. The molecule has 14 heavy (non-hydrogen) atoms. The van der Waals surface area contributed by atoms with Gasteiger partial charge in [-0.15, -0.1) is 0 Å². The quantitative estimate of drug-likeness (QED) is 0.682. The lowest BCUT2D eigenvalue weighted by Crippen LogP contribution is -2.31. The van der Waals surface area contributed by atoms with Gasteiger partial charge in [0.1, 0.15) is 0 Å². The van der Waals surface area contributed by atoms with Crippen molar-refractivity contribution in [2.45, 2.75) is 18.9 Å². The van der Waals surface area contributed by atoms with E-state index in [4.69, 9.17) is 9.84 Å². The van der Waals surface area contributed by atoms with Crippen molar-refractivity contribution in [1.29, 1.82) is 0 Å². The smallest absolute Gasteiger partial charge is 0.344 e. The molecule has 0 amide bonds. The molecule has 1 aliphatic heterocycles. The summed E-state index contributed by atoms with van der Waals surface area (Å²) in [7, 11) is 0. The van der Waals surface area contributed by atoms with Crippen molar-refractivity contribution in [3.63, 3.8) is 0 Å². The Hall–Kier alpha value is -1.65. The molecule has 0 saturated heterocycles. The van der Waals surface area contributed by atoms with Crippen LogP contribution in [0, 0.1) is 5.95 Å². The Morgan fingerprint density at radius 1 is 1.64 bits per heavy atom. The van der Waals surface area contributed by atoms with Gasteiger partial charge in [0.15, 0.2) is 6.10 Å². The Kier molecular flexibility index (Phi) is 2.07. The summed E-state index contributed by atoms with van der Waals surface area (Å²) < 4.78 is 17.7. The first-order chi connectivity index (χ1) is 6.66. The first kappa shape index (κ1) is 8.93. The Balaban J connectivity index is 2.29. The van der Waals surface area contributed by atoms with Gasteiger partial charge in [0.25, 0.3) is 0 Å². The number of carboxylic acids is 1. The van der Waals surface area contributed by atoms with Crippen LogP contribution in [0.3, 0.4) is 0 Å². The van der Waals surface area contributed by atoms with E-state index >= 15 is 0 Å². The second-order valence-corrected chi connectivity index (χ2v) is 3.08. The predicted octanol–water partition coefficient (Wildman–Crippen LogP) is 0.999. The molecular weight excluding hydrogens is 189 g/mol. The number of aliphatic carboxylic acids is 1. The molecule has 2 heterocycles. The minimum Gasteiger partial charge on any atom is -0.479 e. The van der Waals surface area contributed by atoms with Gasteiger partial charge in [-0.25, -0.2) is 4.79 Å². The maximum atomic E-state index is 12.7. The molecule has 0 aromatic carbocycles. The van der Waals surface area contributed by atoms with Crippen LogP contribution in [-0.4, -0.2) is 22.2 Å². The van der Waals surface area contributed by atoms with Crippen LogP contribution in [0.2, 0.25) is 0 Å². The summed E-state index contributed by atoms with van der Waals surface area (Å²) in [5.41, 5.74) is 0.754. The highest BCUT2D eigenvalue weighted by Crippen LogP contribution is 2.25. The molecule has 1 aliphatic rings. The maximum Gasteiger partial charge on any atom is 0.344 e. The number of aryl methyl sites for hydroxylation is 1. The Bertz CT molecular complexity index is 380. The van der Waals surface area contributed by atoms with Crippen molar-refractivity contribution >= 4 is 5.97 Å². The standard InChI is InChI=1S/C9H8FNO3/c10-7-4-2-5-1-3-6(9(12)13)14-8(5)11-7/h2,4,6H,1,3H2,(H,12,13). The number of nitrogens with zero attached hydrogens (tertiary/aromatic N) is 1. The normalized spacial score (nSPS) is 19.6. The number of halogens is 1.